The Balaban J connectivity index is 1.14. The number of fused-ring (bicyclic) bond motifs is 1. The standard InChI is InChI=1S/C31H42N2O2S/c1-29(2,32)22-30(3)31(4,33-30)28(34)35-19-8-5-9-20-36-27-17-15-24(16-18-27)26-14-10-13-23-11-6-7-12-25(23)21-26/h6-7,11-12,15-18,21,33H,5,8-10,13-14,19-20,22,32H2,1-4H3. The number of nitrogens with one attached hydrogen (secondary N) is 1. The molecule has 0 spiro atoms. The van der Waals surface area contributed by atoms with E-state index >= 15 is 0 Å². The first kappa shape index (κ1) is 27.0. The summed E-state index contributed by atoms with van der Waals surface area (Å²) < 4.78 is 5.59. The van der Waals surface area contributed by atoms with Crippen LogP contribution in [0.5, 0.6) is 0 Å². The summed E-state index contributed by atoms with van der Waals surface area (Å²) in [5.74, 6) is 0.919. The van der Waals surface area contributed by atoms with Crippen LogP contribution in [0.4, 0.5) is 0 Å². The monoisotopic (exact) mass is 506 g/mol. The van der Waals surface area contributed by atoms with Gasteiger partial charge in [0, 0.05) is 16.0 Å². The van der Waals surface area contributed by atoms with Crippen molar-refractivity contribution in [3.8, 4) is 0 Å². The number of hydrogen-bond acceptors (Lipinski definition) is 5. The Hall–Kier alpha value is -2.08. The van der Waals surface area contributed by atoms with Gasteiger partial charge in [-0.2, -0.15) is 0 Å². The molecule has 1 saturated heterocycles. The zero-order chi connectivity index (χ0) is 25.8. The van der Waals surface area contributed by atoms with Crippen LogP contribution in [-0.4, -0.2) is 34.9 Å². The van der Waals surface area contributed by atoms with E-state index in [2.05, 4.69) is 66.8 Å². The summed E-state index contributed by atoms with van der Waals surface area (Å²) in [5.41, 5.74) is 10.5. The third-order valence-corrected chi connectivity index (χ3v) is 8.68. The predicted octanol–water partition coefficient (Wildman–Crippen LogP) is 6.62. The Kier molecular flexibility index (Phi) is 8.33. The molecule has 1 fully saturated rings. The van der Waals surface area contributed by atoms with Crippen molar-refractivity contribution in [3.63, 3.8) is 0 Å². The van der Waals surface area contributed by atoms with Gasteiger partial charge in [-0.3, -0.25) is 5.32 Å². The molecule has 2 unspecified atom stereocenters. The van der Waals surface area contributed by atoms with E-state index in [1.54, 1.807) is 0 Å². The van der Waals surface area contributed by atoms with Crippen molar-refractivity contribution >= 4 is 29.4 Å². The van der Waals surface area contributed by atoms with E-state index in [9.17, 15) is 4.79 Å². The third-order valence-electron chi connectivity index (χ3n) is 7.58. The number of aryl methyl sites for hydroxylation is 1. The number of benzene rings is 2. The summed E-state index contributed by atoms with van der Waals surface area (Å²) in [6.07, 6.45) is 9.66. The van der Waals surface area contributed by atoms with Gasteiger partial charge in [0.15, 0.2) is 0 Å². The maximum atomic E-state index is 12.6. The molecule has 0 saturated carbocycles. The molecule has 0 amide bonds. The predicted molar refractivity (Wildman–Crippen MR) is 152 cm³/mol. The maximum Gasteiger partial charge on any atom is 0.327 e. The highest BCUT2D eigenvalue weighted by molar-refractivity contribution is 7.99. The lowest BCUT2D eigenvalue weighted by molar-refractivity contribution is -0.146. The lowest BCUT2D eigenvalue weighted by Crippen LogP contribution is -2.41. The summed E-state index contributed by atoms with van der Waals surface area (Å²) in [5, 5.41) is 3.33. The second-order valence-corrected chi connectivity index (χ2v) is 12.7. The molecule has 2 atom stereocenters. The minimum absolute atomic E-state index is 0.156. The first-order valence-corrected chi connectivity index (χ1v) is 14.4. The molecule has 0 radical (unpaired) electrons. The van der Waals surface area contributed by atoms with Gasteiger partial charge in [0.1, 0.15) is 5.54 Å². The molecule has 1 aliphatic carbocycles. The van der Waals surface area contributed by atoms with Gasteiger partial charge in [0.2, 0.25) is 0 Å². The van der Waals surface area contributed by atoms with Crippen LogP contribution in [0, 0.1) is 0 Å². The Morgan fingerprint density at radius 1 is 1.06 bits per heavy atom. The minimum atomic E-state index is -0.623. The largest absolute Gasteiger partial charge is 0.464 e. The number of nitrogens with two attached hydrogens (primary N) is 1. The summed E-state index contributed by atoms with van der Waals surface area (Å²) >= 11 is 1.90. The Morgan fingerprint density at radius 3 is 2.56 bits per heavy atom. The van der Waals surface area contributed by atoms with Crippen LogP contribution in [0.15, 0.2) is 53.4 Å². The number of unbranched alkanes of at least 4 members (excludes halogenated alkanes) is 2. The van der Waals surface area contributed by atoms with Crippen LogP contribution in [0.25, 0.3) is 11.6 Å². The van der Waals surface area contributed by atoms with E-state index in [-0.39, 0.29) is 17.0 Å². The van der Waals surface area contributed by atoms with Crippen molar-refractivity contribution in [2.45, 2.75) is 94.2 Å². The molecule has 1 heterocycles. The lowest BCUT2D eigenvalue weighted by Gasteiger charge is -2.24. The van der Waals surface area contributed by atoms with Crippen molar-refractivity contribution in [2.75, 3.05) is 12.4 Å². The van der Waals surface area contributed by atoms with Crippen LogP contribution < -0.4 is 11.1 Å². The van der Waals surface area contributed by atoms with Gasteiger partial charge in [0.05, 0.1) is 6.61 Å². The molecule has 1 aliphatic heterocycles. The molecule has 4 rings (SSSR count). The Labute approximate surface area is 221 Å². The molecular weight excluding hydrogens is 464 g/mol. The molecule has 36 heavy (non-hydrogen) atoms. The molecule has 2 aliphatic rings. The molecule has 0 bridgehead atoms. The first-order valence-electron chi connectivity index (χ1n) is 13.4. The molecule has 2 aromatic rings. The summed E-state index contributed by atoms with van der Waals surface area (Å²) in [6, 6.07) is 17.8. The quantitative estimate of drug-likeness (QED) is 0.155. The van der Waals surface area contributed by atoms with Gasteiger partial charge in [-0.1, -0.05) is 42.5 Å². The topological polar surface area (TPSA) is 74.3 Å². The molecule has 5 heteroatoms. The smallest absolute Gasteiger partial charge is 0.327 e. The second-order valence-electron chi connectivity index (χ2n) is 11.5. The average Bonchev–Trinajstić information content (AvgIpc) is 3.45. The van der Waals surface area contributed by atoms with E-state index in [0.717, 1.165) is 44.3 Å². The summed E-state index contributed by atoms with van der Waals surface area (Å²) in [4.78, 5) is 13.9. The fraction of sp³-hybridized carbons (Fsp3) is 0.516. The van der Waals surface area contributed by atoms with E-state index in [0.29, 0.717) is 6.61 Å². The number of esters is 1. The fourth-order valence-electron chi connectivity index (χ4n) is 5.43. The molecule has 0 aromatic heterocycles. The molecule has 2 aromatic carbocycles. The number of ether oxygens (including phenoxy) is 1. The summed E-state index contributed by atoms with van der Waals surface area (Å²) in [7, 11) is 0. The van der Waals surface area contributed by atoms with Gasteiger partial charge in [-0.15, -0.1) is 11.8 Å². The van der Waals surface area contributed by atoms with Gasteiger partial charge in [-0.25, -0.2) is 4.79 Å². The van der Waals surface area contributed by atoms with Crippen molar-refractivity contribution < 1.29 is 9.53 Å². The Bertz CT molecular complexity index is 1090. The highest BCUT2D eigenvalue weighted by atomic mass is 32.2. The number of carbonyl (C=O) groups excluding carboxylic acids is 1. The van der Waals surface area contributed by atoms with Crippen LogP contribution in [0.2, 0.25) is 0 Å². The molecule has 194 valence electrons. The van der Waals surface area contributed by atoms with E-state index in [1.165, 1.54) is 33.6 Å². The van der Waals surface area contributed by atoms with Crippen LogP contribution in [0.3, 0.4) is 0 Å². The minimum Gasteiger partial charge on any atom is -0.464 e. The number of rotatable bonds is 11. The van der Waals surface area contributed by atoms with Crippen molar-refractivity contribution in [3.05, 3.63) is 65.2 Å². The maximum absolute atomic E-state index is 12.6. The normalized spacial score (nSPS) is 23.4. The molecule has 3 N–H and O–H groups in total. The van der Waals surface area contributed by atoms with Gasteiger partial charge in [0.25, 0.3) is 0 Å². The Morgan fingerprint density at radius 2 is 1.81 bits per heavy atom. The van der Waals surface area contributed by atoms with Gasteiger partial charge >= 0.3 is 5.97 Å². The number of carbonyl (C=O) groups is 1. The van der Waals surface area contributed by atoms with Gasteiger partial charge in [-0.05, 0) is 113 Å². The van der Waals surface area contributed by atoms with Crippen LogP contribution in [0.1, 0.15) is 82.9 Å². The number of hydrogen-bond donors (Lipinski definition) is 2. The number of thioether (sulfide) groups is 1. The SMILES string of the molecule is CC(C)(N)CC1(C)NC1(C)C(=O)OCCCCCSc1ccc(C2=Cc3ccccc3CCC2)cc1. The summed E-state index contributed by atoms with van der Waals surface area (Å²) in [6.45, 7) is 8.44. The molecule has 4 nitrogen and oxygen atoms in total. The van der Waals surface area contributed by atoms with E-state index in [1.807, 2.05) is 32.5 Å². The fourth-order valence-corrected chi connectivity index (χ4v) is 6.35. The van der Waals surface area contributed by atoms with Crippen LogP contribution >= 0.6 is 11.8 Å². The first-order chi connectivity index (χ1) is 17.1. The van der Waals surface area contributed by atoms with Crippen molar-refractivity contribution in [1.29, 1.82) is 0 Å². The second kappa shape index (κ2) is 11.1. The molecular formula is C31H42N2O2S. The average molecular weight is 507 g/mol. The lowest BCUT2D eigenvalue weighted by atomic mass is 9.84. The van der Waals surface area contributed by atoms with Crippen molar-refractivity contribution in [2.24, 2.45) is 5.73 Å². The van der Waals surface area contributed by atoms with E-state index in [4.69, 9.17) is 10.5 Å². The van der Waals surface area contributed by atoms with E-state index < -0.39 is 5.54 Å². The highest BCUT2D eigenvalue weighted by Gasteiger charge is 2.67. The highest BCUT2D eigenvalue weighted by Crippen LogP contribution is 2.44. The third kappa shape index (κ3) is 6.62. The van der Waals surface area contributed by atoms with Crippen LogP contribution in [-0.2, 0) is 16.0 Å². The van der Waals surface area contributed by atoms with Gasteiger partial charge < -0.3 is 10.5 Å². The van der Waals surface area contributed by atoms with Crippen molar-refractivity contribution in [1.82, 2.24) is 5.32 Å². The number of allylic oxidation sites excluding steroid dienone is 1. The zero-order valence-corrected chi connectivity index (χ0v) is 23.2. The zero-order valence-electron chi connectivity index (χ0n) is 22.4.